The third-order valence-corrected chi connectivity index (χ3v) is 1.94. The van der Waals surface area contributed by atoms with E-state index in [4.69, 9.17) is 9.29 Å². The molecule has 0 saturated carbocycles. The van der Waals surface area contributed by atoms with Crippen molar-refractivity contribution in [1.29, 1.82) is 0 Å². The summed E-state index contributed by atoms with van der Waals surface area (Å²) in [6, 6.07) is 8.74. The molecule has 70 valence electrons. The second kappa shape index (κ2) is 5.61. The van der Waals surface area contributed by atoms with E-state index in [2.05, 4.69) is 0 Å². The first-order chi connectivity index (χ1) is 6.34. The lowest BCUT2D eigenvalue weighted by molar-refractivity contribution is 0.0767. The van der Waals surface area contributed by atoms with Crippen LogP contribution in [0.2, 0.25) is 0 Å². The highest BCUT2D eigenvalue weighted by atomic mass is 32.2. The second-order valence-electron chi connectivity index (χ2n) is 2.28. The standard InChI is InChI=1S/C9H10O3S/c10-6-7-13-12-9(11)8-4-2-1-3-5-8/h1-5,10H,6-7H2. The van der Waals surface area contributed by atoms with Gasteiger partial charge in [0.15, 0.2) is 0 Å². The zero-order valence-electron chi connectivity index (χ0n) is 6.97. The monoisotopic (exact) mass is 198 g/mol. The van der Waals surface area contributed by atoms with Gasteiger partial charge in [0.05, 0.1) is 30.0 Å². The van der Waals surface area contributed by atoms with Gasteiger partial charge in [0.1, 0.15) is 0 Å². The Morgan fingerprint density at radius 1 is 1.38 bits per heavy atom. The SMILES string of the molecule is O=C(OSCCO)c1ccccc1. The molecule has 13 heavy (non-hydrogen) atoms. The molecule has 0 saturated heterocycles. The molecule has 3 nitrogen and oxygen atoms in total. The Labute approximate surface area is 80.9 Å². The summed E-state index contributed by atoms with van der Waals surface area (Å²) in [6.07, 6.45) is 0. The van der Waals surface area contributed by atoms with E-state index in [0.717, 1.165) is 12.0 Å². The average molecular weight is 198 g/mol. The number of hydrogen-bond donors (Lipinski definition) is 1. The number of carbonyl (C=O) groups is 1. The van der Waals surface area contributed by atoms with Gasteiger partial charge in [0.25, 0.3) is 0 Å². The molecule has 0 unspecified atom stereocenters. The zero-order valence-corrected chi connectivity index (χ0v) is 7.79. The van der Waals surface area contributed by atoms with E-state index < -0.39 is 0 Å². The number of hydrogen-bond acceptors (Lipinski definition) is 4. The normalized spacial score (nSPS) is 9.62. The molecule has 4 heteroatoms. The smallest absolute Gasteiger partial charge is 0.350 e. The average Bonchev–Trinajstić information content (AvgIpc) is 2.19. The van der Waals surface area contributed by atoms with Gasteiger partial charge < -0.3 is 9.29 Å². The van der Waals surface area contributed by atoms with Crippen LogP contribution in [-0.4, -0.2) is 23.4 Å². The molecule has 0 amide bonds. The number of aliphatic hydroxyl groups excluding tert-OH is 1. The van der Waals surface area contributed by atoms with Crippen molar-refractivity contribution >= 4 is 18.0 Å². The van der Waals surface area contributed by atoms with Crippen LogP contribution >= 0.6 is 12.0 Å². The largest absolute Gasteiger partial charge is 0.395 e. The molecular formula is C9H10O3S. The zero-order chi connectivity index (χ0) is 9.52. The van der Waals surface area contributed by atoms with Crippen molar-refractivity contribution < 1.29 is 14.1 Å². The highest BCUT2D eigenvalue weighted by molar-refractivity contribution is 7.95. The number of aliphatic hydroxyl groups is 1. The molecule has 0 atom stereocenters. The van der Waals surface area contributed by atoms with E-state index in [-0.39, 0.29) is 12.6 Å². The minimum atomic E-state index is -0.376. The molecule has 1 aromatic rings. The fourth-order valence-corrected chi connectivity index (χ4v) is 1.12. The lowest BCUT2D eigenvalue weighted by Crippen LogP contribution is -2.00. The van der Waals surface area contributed by atoms with Crippen molar-refractivity contribution in [3.63, 3.8) is 0 Å². The van der Waals surface area contributed by atoms with Crippen molar-refractivity contribution in [3.05, 3.63) is 35.9 Å². The van der Waals surface area contributed by atoms with Crippen LogP contribution in [-0.2, 0) is 4.18 Å². The van der Waals surface area contributed by atoms with E-state index in [1.807, 2.05) is 6.07 Å². The third kappa shape index (κ3) is 3.48. The van der Waals surface area contributed by atoms with Crippen molar-refractivity contribution in [2.75, 3.05) is 12.4 Å². The molecular weight excluding hydrogens is 188 g/mol. The first-order valence-corrected chi connectivity index (χ1v) is 4.75. The molecule has 0 bridgehead atoms. The first kappa shape index (κ1) is 10.1. The van der Waals surface area contributed by atoms with Gasteiger partial charge in [-0.1, -0.05) is 18.2 Å². The summed E-state index contributed by atoms with van der Waals surface area (Å²) >= 11 is 0.957. The summed E-state index contributed by atoms with van der Waals surface area (Å²) in [4.78, 5) is 11.2. The molecule has 0 fully saturated rings. The van der Waals surface area contributed by atoms with Gasteiger partial charge >= 0.3 is 5.97 Å². The maximum atomic E-state index is 11.2. The van der Waals surface area contributed by atoms with Crippen molar-refractivity contribution in [2.24, 2.45) is 0 Å². The van der Waals surface area contributed by atoms with Crippen LogP contribution in [0.25, 0.3) is 0 Å². The maximum absolute atomic E-state index is 11.2. The molecule has 1 aromatic carbocycles. The second-order valence-corrected chi connectivity index (χ2v) is 3.09. The van der Waals surface area contributed by atoms with Crippen molar-refractivity contribution in [2.45, 2.75) is 0 Å². The van der Waals surface area contributed by atoms with Crippen LogP contribution in [0.4, 0.5) is 0 Å². The van der Waals surface area contributed by atoms with Crippen LogP contribution in [0.1, 0.15) is 10.4 Å². The molecule has 0 radical (unpaired) electrons. The highest BCUT2D eigenvalue weighted by Crippen LogP contribution is 2.08. The Morgan fingerprint density at radius 3 is 2.69 bits per heavy atom. The lowest BCUT2D eigenvalue weighted by atomic mass is 10.2. The van der Waals surface area contributed by atoms with Gasteiger partial charge in [-0.15, -0.1) is 0 Å². The summed E-state index contributed by atoms with van der Waals surface area (Å²) < 4.78 is 4.79. The number of carbonyl (C=O) groups excluding carboxylic acids is 1. The summed E-state index contributed by atoms with van der Waals surface area (Å²) in [6.45, 7) is 0.00668. The van der Waals surface area contributed by atoms with Crippen LogP contribution in [0, 0.1) is 0 Å². The third-order valence-electron chi connectivity index (χ3n) is 1.32. The van der Waals surface area contributed by atoms with Gasteiger partial charge in [-0.05, 0) is 12.1 Å². The molecule has 0 aliphatic carbocycles. The van der Waals surface area contributed by atoms with Crippen LogP contribution in [0.5, 0.6) is 0 Å². The number of rotatable bonds is 4. The van der Waals surface area contributed by atoms with Crippen molar-refractivity contribution in [3.8, 4) is 0 Å². The molecule has 0 spiro atoms. The van der Waals surface area contributed by atoms with Crippen LogP contribution in [0.3, 0.4) is 0 Å². The van der Waals surface area contributed by atoms with Crippen molar-refractivity contribution in [1.82, 2.24) is 0 Å². The van der Waals surface area contributed by atoms with Gasteiger partial charge in [-0.2, -0.15) is 0 Å². The van der Waals surface area contributed by atoms with E-state index in [1.165, 1.54) is 0 Å². The Balaban J connectivity index is 2.40. The first-order valence-electron chi connectivity index (χ1n) is 3.84. The highest BCUT2D eigenvalue weighted by Gasteiger charge is 2.05. The van der Waals surface area contributed by atoms with Crippen LogP contribution in [0.15, 0.2) is 30.3 Å². The lowest BCUT2D eigenvalue weighted by Gasteiger charge is -2.00. The summed E-state index contributed by atoms with van der Waals surface area (Å²) in [7, 11) is 0. The Hall–Kier alpha value is -1.00. The minimum absolute atomic E-state index is 0.00668. The number of benzene rings is 1. The summed E-state index contributed by atoms with van der Waals surface area (Å²) in [5.74, 6) is 0.0255. The molecule has 1 N–H and O–H groups in total. The van der Waals surface area contributed by atoms with Crippen LogP contribution < -0.4 is 0 Å². The molecule has 0 aliphatic heterocycles. The van der Waals surface area contributed by atoms with E-state index in [0.29, 0.717) is 11.3 Å². The van der Waals surface area contributed by atoms with Gasteiger partial charge in [-0.25, -0.2) is 4.79 Å². The van der Waals surface area contributed by atoms with E-state index in [1.54, 1.807) is 24.3 Å². The summed E-state index contributed by atoms with van der Waals surface area (Å²) in [5, 5.41) is 8.44. The van der Waals surface area contributed by atoms with E-state index in [9.17, 15) is 4.79 Å². The predicted molar refractivity (Wildman–Crippen MR) is 51.4 cm³/mol. The quantitative estimate of drug-likeness (QED) is 0.588. The van der Waals surface area contributed by atoms with E-state index >= 15 is 0 Å². The fourth-order valence-electron chi connectivity index (χ4n) is 0.755. The van der Waals surface area contributed by atoms with Gasteiger partial charge in [0, 0.05) is 0 Å². The summed E-state index contributed by atoms with van der Waals surface area (Å²) in [5.41, 5.74) is 0.521. The maximum Gasteiger partial charge on any atom is 0.350 e. The topological polar surface area (TPSA) is 46.5 Å². The molecule has 0 aliphatic rings. The molecule has 0 aromatic heterocycles. The van der Waals surface area contributed by atoms with Gasteiger partial charge in [-0.3, -0.25) is 0 Å². The minimum Gasteiger partial charge on any atom is -0.395 e. The molecule has 1 rings (SSSR count). The predicted octanol–water partition coefficient (Wildman–Crippen LogP) is 1.48. The Kier molecular flexibility index (Phi) is 4.35. The fraction of sp³-hybridized carbons (Fsp3) is 0.222. The molecule has 0 heterocycles. The van der Waals surface area contributed by atoms with Gasteiger partial charge in [0.2, 0.25) is 0 Å². The Morgan fingerprint density at radius 2 is 2.08 bits per heavy atom. The Bertz CT molecular complexity index is 261.